The number of hydrogen-bond acceptors (Lipinski definition) is 3. The maximum Gasteiger partial charge on any atom is 0.237 e. The fraction of sp³-hybridized carbons (Fsp3) is 0.650. The van der Waals surface area contributed by atoms with Crippen LogP contribution >= 0.6 is 0 Å². The zero-order chi connectivity index (χ0) is 17.1. The lowest BCUT2D eigenvalue weighted by molar-refractivity contribution is -0.124. The van der Waals surface area contributed by atoms with Crippen molar-refractivity contribution in [2.45, 2.75) is 71.0 Å². The van der Waals surface area contributed by atoms with E-state index in [9.17, 15) is 9.90 Å². The molecule has 2 atom stereocenters. The number of nitrogens with one attached hydrogen (secondary N) is 2. The molecule has 0 aromatic heterocycles. The third-order valence-corrected chi connectivity index (χ3v) is 5.66. The van der Waals surface area contributed by atoms with Crippen LogP contribution in [0, 0.1) is 11.8 Å². The van der Waals surface area contributed by atoms with Crippen LogP contribution in [0.1, 0.15) is 57.1 Å². The second kappa shape index (κ2) is 7.56. The van der Waals surface area contributed by atoms with E-state index in [1.54, 1.807) is 12.1 Å². The molecule has 0 saturated heterocycles. The number of rotatable bonds is 5. The SMILES string of the molecule is CC(C)[C@@H](CC1CCCC1)NC(=O)C1Cc2ccc(O)cc2CN1. The minimum Gasteiger partial charge on any atom is -0.508 e. The molecule has 1 aliphatic carbocycles. The van der Waals surface area contributed by atoms with E-state index in [1.807, 2.05) is 6.07 Å². The summed E-state index contributed by atoms with van der Waals surface area (Å²) in [5.41, 5.74) is 2.24. The van der Waals surface area contributed by atoms with Crippen LogP contribution in [0.5, 0.6) is 5.75 Å². The summed E-state index contributed by atoms with van der Waals surface area (Å²) < 4.78 is 0. The highest BCUT2D eigenvalue weighted by molar-refractivity contribution is 5.82. The fourth-order valence-corrected chi connectivity index (χ4v) is 4.07. The van der Waals surface area contributed by atoms with Gasteiger partial charge in [0.2, 0.25) is 5.91 Å². The van der Waals surface area contributed by atoms with Crippen molar-refractivity contribution in [3.8, 4) is 5.75 Å². The molecule has 1 fully saturated rings. The number of phenolic OH excluding ortho intramolecular Hbond substituents is 1. The van der Waals surface area contributed by atoms with E-state index in [4.69, 9.17) is 0 Å². The van der Waals surface area contributed by atoms with Gasteiger partial charge in [0, 0.05) is 12.6 Å². The summed E-state index contributed by atoms with van der Waals surface area (Å²) in [5.74, 6) is 1.64. The average Bonchev–Trinajstić information content (AvgIpc) is 3.06. The first kappa shape index (κ1) is 17.3. The van der Waals surface area contributed by atoms with Crippen LogP contribution in [0.2, 0.25) is 0 Å². The minimum atomic E-state index is -0.174. The van der Waals surface area contributed by atoms with E-state index in [1.165, 1.54) is 25.7 Å². The predicted octanol–water partition coefficient (Wildman–Crippen LogP) is 3.13. The van der Waals surface area contributed by atoms with Crippen LogP contribution in [0.25, 0.3) is 0 Å². The Hall–Kier alpha value is -1.55. The molecule has 0 bridgehead atoms. The van der Waals surface area contributed by atoms with Gasteiger partial charge in [-0.05, 0) is 47.9 Å². The standard InChI is InChI=1S/C20H30N2O2/c1-13(2)18(9-14-5-3-4-6-14)22-20(24)19-11-15-7-8-17(23)10-16(15)12-21-19/h7-8,10,13-14,18-19,21,23H,3-6,9,11-12H2,1-2H3,(H,22,24)/t18-,19?/m1/s1. The minimum absolute atomic E-state index is 0.116. The van der Waals surface area contributed by atoms with Gasteiger partial charge in [-0.15, -0.1) is 0 Å². The molecule has 4 heteroatoms. The molecule has 3 rings (SSSR count). The predicted molar refractivity (Wildman–Crippen MR) is 95.8 cm³/mol. The smallest absolute Gasteiger partial charge is 0.237 e. The van der Waals surface area contributed by atoms with Gasteiger partial charge >= 0.3 is 0 Å². The molecule has 1 unspecified atom stereocenters. The summed E-state index contributed by atoms with van der Waals surface area (Å²) in [6.07, 6.45) is 7.13. The van der Waals surface area contributed by atoms with Gasteiger partial charge in [0.1, 0.15) is 5.75 Å². The van der Waals surface area contributed by atoms with E-state index in [0.717, 1.165) is 23.5 Å². The number of phenols is 1. The normalized spacial score (nSPS) is 22.4. The Morgan fingerprint density at radius 2 is 2.04 bits per heavy atom. The van der Waals surface area contributed by atoms with E-state index in [2.05, 4.69) is 24.5 Å². The van der Waals surface area contributed by atoms with Crippen LogP contribution < -0.4 is 10.6 Å². The van der Waals surface area contributed by atoms with Crippen LogP contribution in [0.15, 0.2) is 18.2 Å². The van der Waals surface area contributed by atoms with Crippen molar-refractivity contribution < 1.29 is 9.90 Å². The maximum absolute atomic E-state index is 12.7. The topological polar surface area (TPSA) is 61.4 Å². The van der Waals surface area contributed by atoms with Crippen LogP contribution in [-0.4, -0.2) is 23.1 Å². The third-order valence-electron chi connectivity index (χ3n) is 5.66. The first-order valence-corrected chi connectivity index (χ1v) is 9.37. The quantitative estimate of drug-likeness (QED) is 0.777. The molecule has 1 aromatic carbocycles. The molecule has 0 spiro atoms. The fourth-order valence-electron chi connectivity index (χ4n) is 4.07. The van der Waals surface area contributed by atoms with Crippen molar-refractivity contribution in [1.29, 1.82) is 0 Å². The summed E-state index contributed by atoms with van der Waals surface area (Å²) in [6.45, 7) is 5.04. The molecule has 1 heterocycles. The Morgan fingerprint density at radius 3 is 2.75 bits per heavy atom. The lowest BCUT2D eigenvalue weighted by atomic mass is 9.90. The number of hydrogen-bond donors (Lipinski definition) is 3. The molecule has 1 amide bonds. The summed E-state index contributed by atoms with van der Waals surface area (Å²) in [4.78, 5) is 12.7. The molecule has 0 radical (unpaired) electrons. The molecular weight excluding hydrogens is 300 g/mol. The molecule has 1 aliphatic heterocycles. The van der Waals surface area contributed by atoms with Gasteiger partial charge in [-0.2, -0.15) is 0 Å². The highest BCUT2D eigenvalue weighted by atomic mass is 16.3. The number of fused-ring (bicyclic) bond motifs is 1. The van der Waals surface area contributed by atoms with Gasteiger partial charge in [-0.25, -0.2) is 0 Å². The van der Waals surface area contributed by atoms with Crippen LogP contribution in [0.4, 0.5) is 0 Å². The van der Waals surface area contributed by atoms with Crippen LogP contribution in [0.3, 0.4) is 0 Å². The number of carbonyl (C=O) groups is 1. The summed E-state index contributed by atoms with van der Waals surface area (Å²) in [6, 6.07) is 5.52. The van der Waals surface area contributed by atoms with Gasteiger partial charge in [-0.1, -0.05) is 45.6 Å². The molecule has 1 saturated carbocycles. The zero-order valence-corrected chi connectivity index (χ0v) is 14.8. The summed E-state index contributed by atoms with van der Waals surface area (Å²) in [7, 11) is 0. The molecule has 24 heavy (non-hydrogen) atoms. The van der Waals surface area contributed by atoms with Gasteiger partial charge in [0.05, 0.1) is 6.04 Å². The van der Waals surface area contributed by atoms with Crippen molar-refractivity contribution in [3.05, 3.63) is 29.3 Å². The second-order valence-corrected chi connectivity index (χ2v) is 7.84. The van der Waals surface area contributed by atoms with Crippen molar-refractivity contribution in [3.63, 3.8) is 0 Å². The van der Waals surface area contributed by atoms with Gasteiger partial charge < -0.3 is 15.7 Å². The zero-order valence-electron chi connectivity index (χ0n) is 14.8. The first-order chi connectivity index (χ1) is 11.5. The Kier molecular flexibility index (Phi) is 5.44. The molecule has 3 N–H and O–H groups in total. The molecule has 132 valence electrons. The largest absolute Gasteiger partial charge is 0.508 e. The highest BCUT2D eigenvalue weighted by Gasteiger charge is 2.28. The number of amides is 1. The van der Waals surface area contributed by atoms with E-state index in [-0.39, 0.29) is 23.7 Å². The van der Waals surface area contributed by atoms with Crippen molar-refractivity contribution in [2.24, 2.45) is 11.8 Å². The van der Waals surface area contributed by atoms with Gasteiger partial charge in [-0.3, -0.25) is 4.79 Å². The van der Waals surface area contributed by atoms with E-state index < -0.39 is 0 Å². The number of carbonyl (C=O) groups excluding carboxylic acids is 1. The van der Waals surface area contributed by atoms with Crippen molar-refractivity contribution >= 4 is 5.91 Å². The third kappa shape index (κ3) is 4.10. The van der Waals surface area contributed by atoms with Crippen molar-refractivity contribution in [1.82, 2.24) is 10.6 Å². The lowest BCUT2D eigenvalue weighted by Crippen LogP contribution is -2.51. The highest BCUT2D eigenvalue weighted by Crippen LogP contribution is 2.30. The Morgan fingerprint density at radius 1 is 1.29 bits per heavy atom. The van der Waals surface area contributed by atoms with Crippen molar-refractivity contribution in [2.75, 3.05) is 0 Å². The Balaban J connectivity index is 1.60. The molecular formula is C20H30N2O2. The van der Waals surface area contributed by atoms with E-state index in [0.29, 0.717) is 18.9 Å². The Labute approximate surface area is 145 Å². The van der Waals surface area contributed by atoms with Gasteiger partial charge in [0.25, 0.3) is 0 Å². The molecule has 2 aliphatic rings. The van der Waals surface area contributed by atoms with Gasteiger partial charge in [0.15, 0.2) is 0 Å². The summed E-state index contributed by atoms with van der Waals surface area (Å²) in [5, 5.41) is 16.2. The monoisotopic (exact) mass is 330 g/mol. The Bertz CT molecular complexity index is 579. The number of aromatic hydroxyl groups is 1. The molecule has 1 aromatic rings. The lowest BCUT2D eigenvalue weighted by Gasteiger charge is -2.30. The number of benzene rings is 1. The van der Waals surface area contributed by atoms with Crippen LogP contribution in [-0.2, 0) is 17.8 Å². The average molecular weight is 330 g/mol. The second-order valence-electron chi connectivity index (χ2n) is 7.84. The summed E-state index contributed by atoms with van der Waals surface area (Å²) >= 11 is 0. The molecule has 4 nitrogen and oxygen atoms in total. The van der Waals surface area contributed by atoms with E-state index >= 15 is 0 Å². The maximum atomic E-state index is 12.7. The first-order valence-electron chi connectivity index (χ1n) is 9.37.